The number of pyridine rings is 1. The summed E-state index contributed by atoms with van der Waals surface area (Å²) in [5.74, 6) is -0.0602. The molecule has 8 heteroatoms. The van der Waals surface area contributed by atoms with Gasteiger partial charge in [-0.1, -0.05) is 58.4 Å². The van der Waals surface area contributed by atoms with Crippen molar-refractivity contribution in [3.05, 3.63) is 101 Å². The van der Waals surface area contributed by atoms with Gasteiger partial charge in [0.25, 0.3) is 0 Å². The number of aryl methyl sites for hydroxylation is 1. The van der Waals surface area contributed by atoms with Crippen LogP contribution in [0.1, 0.15) is 16.8 Å². The van der Waals surface area contributed by atoms with Crippen molar-refractivity contribution in [3.8, 4) is 0 Å². The highest BCUT2D eigenvalue weighted by Crippen LogP contribution is 2.21. The smallest absolute Gasteiger partial charge is 0.245 e. The minimum atomic E-state index is -0.0894. The van der Waals surface area contributed by atoms with Crippen LogP contribution in [-0.4, -0.2) is 21.2 Å². The fraction of sp³-hybridized carbons (Fsp3) is 0.111. The van der Waals surface area contributed by atoms with Gasteiger partial charge in [-0.05, 0) is 36.4 Å². The van der Waals surface area contributed by atoms with E-state index in [0.29, 0.717) is 24.2 Å². The Bertz CT molecular complexity index is 1510. The van der Waals surface area contributed by atoms with Gasteiger partial charge in [0.1, 0.15) is 0 Å². The van der Waals surface area contributed by atoms with Gasteiger partial charge < -0.3 is 22.3 Å². The summed E-state index contributed by atoms with van der Waals surface area (Å²) in [6, 6.07) is 24.9. The van der Waals surface area contributed by atoms with Crippen molar-refractivity contribution in [2.75, 3.05) is 5.32 Å². The highest BCUT2D eigenvalue weighted by Gasteiger charge is 2.19. The predicted octanol–water partition coefficient (Wildman–Crippen LogP) is 2.16. The van der Waals surface area contributed by atoms with Gasteiger partial charge in [0.15, 0.2) is 17.6 Å². The molecule has 1 amide bonds. The second-order valence-electron chi connectivity index (χ2n) is 8.03. The van der Waals surface area contributed by atoms with Crippen LogP contribution in [-0.2, 0) is 17.9 Å². The first-order valence-electron chi connectivity index (χ1n) is 11.0. The molecule has 5 rings (SSSR count). The Morgan fingerprint density at radius 2 is 1.71 bits per heavy atom. The zero-order valence-corrected chi connectivity index (χ0v) is 21.9. The number of carbonyl (C=O) groups is 2. The summed E-state index contributed by atoms with van der Waals surface area (Å²) in [4.78, 5) is 30.0. The quantitative estimate of drug-likeness (QED) is 0.232. The maximum absolute atomic E-state index is 12.8. The second kappa shape index (κ2) is 10.9. The molecule has 0 aliphatic rings. The summed E-state index contributed by atoms with van der Waals surface area (Å²) in [5.41, 5.74) is 4.07. The molecule has 176 valence electrons. The van der Waals surface area contributed by atoms with Crippen LogP contribution in [0.5, 0.6) is 0 Å². The maximum Gasteiger partial charge on any atom is 0.245 e. The molecule has 0 spiro atoms. The van der Waals surface area contributed by atoms with Gasteiger partial charge >= 0.3 is 0 Å². The largest absolute Gasteiger partial charge is 1.00 e. The van der Waals surface area contributed by atoms with Gasteiger partial charge in [-0.25, -0.2) is 9.13 Å². The minimum absolute atomic E-state index is 0. The topological polar surface area (TPSA) is 67.9 Å². The van der Waals surface area contributed by atoms with Gasteiger partial charge in [-0.15, -0.1) is 0 Å². The van der Waals surface area contributed by atoms with E-state index in [1.165, 1.54) is 0 Å². The maximum atomic E-state index is 12.8. The van der Waals surface area contributed by atoms with Crippen molar-refractivity contribution in [1.29, 1.82) is 0 Å². The second-order valence-corrected chi connectivity index (χ2v) is 8.95. The zero-order chi connectivity index (χ0) is 23.5. The Morgan fingerprint density at radius 3 is 2.54 bits per heavy atom. The van der Waals surface area contributed by atoms with Crippen LogP contribution in [0.2, 0.25) is 0 Å². The highest BCUT2D eigenvalue weighted by atomic mass is 79.9. The Hall–Kier alpha value is -3.36. The molecule has 2 heterocycles. The van der Waals surface area contributed by atoms with Crippen LogP contribution in [0.15, 0.2) is 95.9 Å². The molecule has 5 aromatic rings. The fourth-order valence-corrected chi connectivity index (χ4v) is 4.33. The van der Waals surface area contributed by atoms with Crippen molar-refractivity contribution < 1.29 is 31.1 Å². The van der Waals surface area contributed by atoms with Crippen LogP contribution < -0.4 is 26.9 Å². The first kappa shape index (κ1) is 24.8. The van der Waals surface area contributed by atoms with Crippen LogP contribution in [0.4, 0.5) is 5.69 Å². The summed E-state index contributed by atoms with van der Waals surface area (Å²) in [5, 5.41) is 3.97. The Labute approximate surface area is 221 Å². The first-order chi connectivity index (χ1) is 16.6. The Morgan fingerprint density at radius 1 is 0.943 bits per heavy atom. The lowest BCUT2D eigenvalue weighted by molar-refractivity contribution is -0.657. The van der Waals surface area contributed by atoms with E-state index < -0.39 is 0 Å². The third-order valence-corrected chi connectivity index (χ3v) is 6.27. The fourth-order valence-electron chi connectivity index (χ4n) is 4.07. The van der Waals surface area contributed by atoms with Crippen LogP contribution >= 0.6 is 15.9 Å². The van der Waals surface area contributed by atoms with Gasteiger partial charge in [-0.3, -0.25) is 14.6 Å². The van der Waals surface area contributed by atoms with Crippen molar-refractivity contribution in [1.82, 2.24) is 9.55 Å². The van der Waals surface area contributed by atoms with Gasteiger partial charge in [0.2, 0.25) is 18.0 Å². The molecular formula is C27H22Br2N4O2. The molecule has 0 bridgehead atoms. The molecule has 0 atom stereocenters. The highest BCUT2D eigenvalue weighted by molar-refractivity contribution is 9.10. The van der Waals surface area contributed by atoms with E-state index in [4.69, 9.17) is 0 Å². The van der Waals surface area contributed by atoms with E-state index in [0.717, 1.165) is 26.4 Å². The molecule has 3 aromatic carbocycles. The molecule has 6 nitrogen and oxygen atoms in total. The number of nitrogens with one attached hydrogen (secondary N) is 1. The summed E-state index contributed by atoms with van der Waals surface area (Å²) >= 11 is 3.40. The first-order valence-corrected chi connectivity index (χ1v) is 11.8. The van der Waals surface area contributed by atoms with Crippen molar-refractivity contribution in [2.24, 2.45) is 0 Å². The average molecular weight is 594 g/mol. The predicted molar refractivity (Wildman–Crippen MR) is 136 cm³/mol. The van der Waals surface area contributed by atoms with Crippen molar-refractivity contribution >= 4 is 55.2 Å². The lowest BCUT2D eigenvalue weighted by Gasteiger charge is -2.07. The summed E-state index contributed by atoms with van der Waals surface area (Å²) in [7, 11) is 0. The number of aromatic nitrogens is 3. The van der Waals surface area contributed by atoms with Crippen LogP contribution in [0.25, 0.3) is 21.9 Å². The number of amides is 1. The molecular weight excluding hydrogens is 572 g/mol. The average Bonchev–Trinajstić information content (AvgIpc) is 3.21. The standard InChI is InChI=1S/C27H21BrN4O2.BrH/c28-21-12-10-19(11-13-21)25(33)17-32-18-31(23-8-1-2-9-24(23)32)16-14-26(34)30-22-7-3-5-20-6-4-15-29-27(20)22;/h1-13,15,18H,14,16-17H2;1H. The third kappa shape index (κ3) is 5.49. The molecule has 0 aliphatic carbocycles. The molecule has 0 unspecified atom stereocenters. The SMILES string of the molecule is O=C(CCn1c[n+](CC(=O)c2ccc(Br)cc2)c2ccccc21)Nc1cccc2cccnc12.[Br-]. The molecule has 0 saturated heterocycles. The number of para-hydroxylation sites is 3. The number of anilines is 1. The number of rotatable bonds is 7. The number of benzene rings is 3. The van der Waals surface area contributed by atoms with Crippen molar-refractivity contribution in [2.45, 2.75) is 19.5 Å². The molecule has 0 fully saturated rings. The normalized spacial score (nSPS) is 10.8. The van der Waals surface area contributed by atoms with E-state index in [1.807, 2.05) is 94.3 Å². The number of hydrogen-bond donors (Lipinski definition) is 1. The van der Waals surface area contributed by atoms with E-state index in [1.54, 1.807) is 6.20 Å². The molecule has 1 N–H and O–H groups in total. The van der Waals surface area contributed by atoms with Crippen LogP contribution in [0, 0.1) is 0 Å². The van der Waals surface area contributed by atoms with E-state index in [9.17, 15) is 9.59 Å². The van der Waals surface area contributed by atoms with Crippen LogP contribution in [0.3, 0.4) is 0 Å². The van der Waals surface area contributed by atoms with Gasteiger partial charge in [-0.2, -0.15) is 0 Å². The molecule has 0 radical (unpaired) electrons. The van der Waals surface area contributed by atoms with E-state index in [2.05, 4.69) is 26.2 Å². The van der Waals surface area contributed by atoms with E-state index in [-0.39, 0.29) is 35.2 Å². The number of fused-ring (bicyclic) bond motifs is 2. The van der Waals surface area contributed by atoms with Gasteiger partial charge in [0, 0.05) is 21.6 Å². The van der Waals surface area contributed by atoms with Gasteiger partial charge in [0.05, 0.1) is 24.2 Å². The number of nitrogens with zero attached hydrogens (tertiary/aromatic N) is 3. The minimum Gasteiger partial charge on any atom is -1.00 e. The monoisotopic (exact) mass is 592 g/mol. The number of ketones is 1. The molecule has 0 aliphatic heterocycles. The molecule has 35 heavy (non-hydrogen) atoms. The summed E-state index contributed by atoms with van der Waals surface area (Å²) < 4.78 is 4.89. The Balaban J connectivity index is 0.00000289. The molecule has 2 aromatic heterocycles. The lowest BCUT2D eigenvalue weighted by atomic mass is 10.1. The number of halogens is 2. The number of hydrogen-bond acceptors (Lipinski definition) is 3. The molecule has 0 saturated carbocycles. The van der Waals surface area contributed by atoms with E-state index >= 15 is 0 Å². The third-order valence-electron chi connectivity index (χ3n) is 5.75. The number of carbonyl (C=O) groups excluding carboxylic acids is 2. The summed E-state index contributed by atoms with van der Waals surface area (Å²) in [6.45, 7) is 0.715. The number of imidazole rings is 1. The zero-order valence-electron chi connectivity index (χ0n) is 18.7. The lowest BCUT2D eigenvalue weighted by Crippen LogP contribution is -3.00. The number of Topliss-reactive ketones (excluding diaryl/α,β-unsaturated/α-hetero) is 1. The van der Waals surface area contributed by atoms with Crippen molar-refractivity contribution in [3.63, 3.8) is 0 Å². The summed E-state index contributed by atoms with van der Waals surface area (Å²) in [6.07, 6.45) is 3.93. The Kier molecular flexibility index (Phi) is 7.73.